The van der Waals surface area contributed by atoms with Crippen LogP contribution in [0.15, 0.2) is 5.38 Å². The lowest BCUT2D eigenvalue weighted by Crippen LogP contribution is -2.29. The molecule has 112 valence electrons. The smallest absolute Gasteiger partial charge is 0.223 e. The van der Waals surface area contributed by atoms with Crippen molar-refractivity contribution in [3.8, 4) is 0 Å². The number of ether oxygens (including phenoxy) is 1. The second kappa shape index (κ2) is 6.22. The Morgan fingerprint density at radius 2 is 2.35 bits per heavy atom. The van der Waals surface area contributed by atoms with Gasteiger partial charge in [0.2, 0.25) is 5.91 Å². The third-order valence-electron chi connectivity index (χ3n) is 3.48. The number of hydrogen-bond donors (Lipinski definition) is 1. The molecule has 5 heteroatoms. The van der Waals surface area contributed by atoms with E-state index in [0.29, 0.717) is 6.42 Å². The van der Waals surface area contributed by atoms with E-state index in [9.17, 15) is 4.79 Å². The molecule has 0 aromatic carbocycles. The average Bonchev–Trinajstić information content (AvgIpc) is 2.97. The molecule has 1 aliphatic rings. The largest absolute Gasteiger partial charge is 0.378 e. The molecular formula is C15H24N2O2S. The highest BCUT2D eigenvalue weighted by Crippen LogP contribution is 2.27. The van der Waals surface area contributed by atoms with Gasteiger partial charge in [-0.05, 0) is 19.8 Å². The van der Waals surface area contributed by atoms with Crippen LogP contribution in [0.5, 0.6) is 0 Å². The molecule has 4 nitrogen and oxygen atoms in total. The maximum atomic E-state index is 12.0. The Balaban J connectivity index is 1.89. The SMILES string of the molecule is C[C@@H](NC(=O)C[C@@H]1CCCO1)c1nc(C(C)(C)C)cs1. The van der Waals surface area contributed by atoms with Crippen molar-refractivity contribution in [3.63, 3.8) is 0 Å². The second-order valence-electron chi connectivity index (χ2n) is 6.45. The number of amides is 1. The number of carbonyl (C=O) groups excluding carboxylic acids is 1. The summed E-state index contributed by atoms with van der Waals surface area (Å²) in [6, 6.07) is -0.0370. The molecule has 1 fully saturated rings. The van der Waals surface area contributed by atoms with E-state index >= 15 is 0 Å². The van der Waals surface area contributed by atoms with Crippen molar-refractivity contribution < 1.29 is 9.53 Å². The Morgan fingerprint density at radius 3 is 2.90 bits per heavy atom. The lowest BCUT2D eigenvalue weighted by molar-refractivity contribution is -0.123. The van der Waals surface area contributed by atoms with Gasteiger partial charge in [-0.15, -0.1) is 11.3 Å². The van der Waals surface area contributed by atoms with E-state index in [-0.39, 0.29) is 23.5 Å². The second-order valence-corrected chi connectivity index (χ2v) is 7.34. The highest BCUT2D eigenvalue weighted by molar-refractivity contribution is 7.09. The van der Waals surface area contributed by atoms with Gasteiger partial charge in [-0.3, -0.25) is 4.79 Å². The lowest BCUT2D eigenvalue weighted by Gasteiger charge is -2.16. The highest BCUT2D eigenvalue weighted by atomic mass is 32.1. The molecule has 0 unspecified atom stereocenters. The van der Waals surface area contributed by atoms with Gasteiger partial charge in [0.1, 0.15) is 5.01 Å². The van der Waals surface area contributed by atoms with Gasteiger partial charge in [-0.2, -0.15) is 0 Å². The number of rotatable bonds is 4. The minimum absolute atomic E-state index is 0.0370. The zero-order chi connectivity index (χ0) is 14.8. The Hall–Kier alpha value is -0.940. The maximum absolute atomic E-state index is 12.0. The summed E-state index contributed by atoms with van der Waals surface area (Å²) in [4.78, 5) is 16.6. The fraction of sp³-hybridized carbons (Fsp3) is 0.733. The van der Waals surface area contributed by atoms with Gasteiger partial charge in [0.05, 0.1) is 24.3 Å². The van der Waals surface area contributed by atoms with Crippen molar-refractivity contribution in [2.75, 3.05) is 6.61 Å². The summed E-state index contributed by atoms with van der Waals surface area (Å²) in [5.41, 5.74) is 1.13. The van der Waals surface area contributed by atoms with Crippen molar-refractivity contribution in [3.05, 3.63) is 16.1 Å². The third-order valence-corrected chi connectivity index (χ3v) is 4.50. The summed E-state index contributed by atoms with van der Waals surface area (Å²) in [6.07, 6.45) is 2.62. The number of thiazole rings is 1. The van der Waals surface area contributed by atoms with Crippen LogP contribution in [0.25, 0.3) is 0 Å². The molecule has 0 bridgehead atoms. The number of nitrogens with zero attached hydrogens (tertiary/aromatic N) is 1. The minimum atomic E-state index is -0.0370. The van der Waals surface area contributed by atoms with Crippen LogP contribution in [0.4, 0.5) is 0 Å². The molecule has 2 heterocycles. The summed E-state index contributed by atoms with van der Waals surface area (Å²) >= 11 is 1.61. The molecule has 2 rings (SSSR count). The van der Waals surface area contributed by atoms with Gasteiger partial charge in [-0.25, -0.2) is 4.98 Å². The van der Waals surface area contributed by atoms with Gasteiger partial charge in [-0.1, -0.05) is 20.8 Å². The van der Waals surface area contributed by atoms with Crippen LogP contribution in [0.2, 0.25) is 0 Å². The fourth-order valence-corrected chi connectivity index (χ4v) is 3.26. The number of aromatic nitrogens is 1. The predicted molar refractivity (Wildman–Crippen MR) is 81.0 cm³/mol. The van der Waals surface area contributed by atoms with Crippen molar-refractivity contribution in [2.24, 2.45) is 0 Å². The normalized spacial score (nSPS) is 20.9. The van der Waals surface area contributed by atoms with Crippen molar-refractivity contribution in [1.29, 1.82) is 0 Å². The first-order valence-electron chi connectivity index (χ1n) is 7.23. The van der Waals surface area contributed by atoms with Crippen LogP contribution >= 0.6 is 11.3 Å². The highest BCUT2D eigenvalue weighted by Gasteiger charge is 2.22. The van der Waals surface area contributed by atoms with E-state index in [1.54, 1.807) is 11.3 Å². The summed E-state index contributed by atoms with van der Waals surface area (Å²) in [6.45, 7) is 9.21. The van der Waals surface area contributed by atoms with E-state index in [2.05, 4.69) is 36.5 Å². The summed E-state index contributed by atoms with van der Waals surface area (Å²) < 4.78 is 5.49. The number of hydrogen-bond acceptors (Lipinski definition) is 4. The zero-order valence-corrected chi connectivity index (χ0v) is 13.5. The van der Waals surface area contributed by atoms with Gasteiger partial charge < -0.3 is 10.1 Å². The molecule has 1 aliphatic heterocycles. The molecule has 20 heavy (non-hydrogen) atoms. The Bertz CT molecular complexity index is 459. The Morgan fingerprint density at radius 1 is 1.60 bits per heavy atom. The van der Waals surface area contributed by atoms with E-state index < -0.39 is 0 Å². The van der Waals surface area contributed by atoms with Gasteiger partial charge in [0.25, 0.3) is 0 Å². The first-order chi connectivity index (χ1) is 9.36. The van der Waals surface area contributed by atoms with Gasteiger partial charge >= 0.3 is 0 Å². The molecule has 1 N–H and O–H groups in total. The number of nitrogens with one attached hydrogen (secondary N) is 1. The first-order valence-corrected chi connectivity index (χ1v) is 8.11. The van der Waals surface area contributed by atoms with Crippen LogP contribution < -0.4 is 5.32 Å². The van der Waals surface area contributed by atoms with Crippen molar-refractivity contribution in [2.45, 2.75) is 64.5 Å². The lowest BCUT2D eigenvalue weighted by atomic mass is 9.93. The third kappa shape index (κ3) is 4.03. The zero-order valence-electron chi connectivity index (χ0n) is 12.7. The fourth-order valence-electron chi connectivity index (χ4n) is 2.21. The summed E-state index contributed by atoms with van der Waals surface area (Å²) in [5, 5.41) is 6.07. The molecule has 2 atom stereocenters. The van der Waals surface area contributed by atoms with Crippen LogP contribution in [0, 0.1) is 0 Å². The Labute approximate surface area is 124 Å². The van der Waals surface area contributed by atoms with Gasteiger partial charge in [0, 0.05) is 17.4 Å². The molecule has 1 amide bonds. The van der Waals surface area contributed by atoms with E-state index in [1.807, 2.05) is 6.92 Å². The standard InChI is InChI=1S/C15H24N2O2S/c1-10(14-17-12(9-20-14)15(2,3)4)16-13(18)8-11-6-5-7-19-11/h9-11H,5-8H2,1-4H3,(H,16,18)/t10-,11+/m1/s1. The van der Waals surface area contributed by atoms with Crippen LogP contribution in [-0.2, 0) is 14.9 Å². The monoisotopic (exact) mass is 296 g/mol. The molecule has 1 aromatic heterocycles. The molecule has 0 aliphatic carbocycles. The van der Waals surface area contributed by atoms with Crippen LogP contribution in [0.1, 0.15) is 63.7 Å². The van der Waals surface area contributed by atoms with Gasteiger partial charge in [0.15, 0.2) is 0 Å². The average molecular weight is 296 g/mol. The first kappa shape index (κ1) is 15.4. The maximum Gasteiger partial charge on any atom is 0.223 e. The topological polar surface area (TPSA) is 51.2 Å². The quantitative estimate of drug-likeness (QED) is 0.928. The predicted octanol–water partition coefficient (Wildman–Crippen LogP) is 3.19. The minimum Gasteiger partial charge on any atom is -0.378 e. The molecule has 0 radical (unpaired) electrons. The molecule has 0 spiro atoms. The summed E-state index contributed by atoms with van der Waals surface area (Å²) in [5.74, 6) is 0.0527. The van der Waals surface area contributed by atoms with E-state index in [4.69, 9.17) is 4.74 Å². The summed E-state index contributed by atoms with van der Waals surface area (Å²) in [7, 11) is 0. The van der Waals surface area contributed by atoms with Crippen molar-refractivity contribution >= 4 is 17.2 Å². The molecule has 0 saturated carbocycles. The van der Waals surface area contributed by atoms with E-state index in [1.165, 1.54) is 0 Å². The molecule has 1 aromatic rings. The Kier molecular flexibility index (Phi) is 4.81. The van der Waals surface area contributed by atoms with E-state index in [0.717, 1.165) is 30.2 Å². The van der Waals surface area contributed by atoms with Crippen LogP contribution in [0.3, 0.4) is 0 Å². The molecule has 1 saturated heterocycles. The van der Waals surface area contributed by atoms with Crippen LogP contribution in [-0.4, -0.2) is 23.6 Å². The molecular weight excluding hydrogens is 272 g/mol. The van der Waals surface area contributed by atoms with Crippen molar-refractivity contribution in [1.82, 2.24) is 10.3 Å². The number of carbonyl (C=O) groups is 1.